The van der Waals surface area contributed by atoms with Crippen molar-refractivity contribution in [2.75, 3.05) is 11.4 Å². The second-order valence-electron chi connectivity index (χ2n) is 8.14. The summed E-state index contributed by atoms with van der Waals surface area (Å²) in [4.78, 5) is 14.5. The lowest BCUT2D eigenvalue weighted by Crippen LogP contribution is -2.25. The number of benzene rings is 1. The maximum Gasteiger partial charge on any atom is 0.251 e. The summed E-state index contributed by atoms with van der Waals surface area (Å²) in [5, 5.41) is 13.9. The van der Waals surface area contributed by atoms with Crippen molar-refractivity contribution >= 4 is 17.5 Å². The molecule has 4 heterocycles. The van der Waals surface area contributed by atoms with E-state index in [2.05, 4.69) is 20.3 Å². The van der Waals surface area contributed by atoms with Crippen LogP contribution < -0.4 is 10.5 Å². The molecule has 164 valence electrons. The summed E-state index contributed by atoms with van der Waals surface area (Å²) in [6.07, 6.45) is 1.95. The number of aryl methyl sites for hydroxylation is 1. The molecule has 0 saturated carbocycles. The van der Waals surface area contributed by atoms with Gasteiger partial charge in [0, 0.05) is 54.6 Å². The molecule has 1 aliphatic heterocycles. The molecule has 1 aliphatic rings. The average Bonchev–Trinajstić information content (AvgIpc) is 3.50. The molecule has 0 N–H and O–H groups in total. The lowest BCUT2D eigenvalue weighted by molar-refractivity contribution is 0.416. The van der Waals surface area contributed by atoms with Gasteiger partial charge in [0.05, 0.1) is 6.04 Å². The van der Waals surface area contributed by atoms with Crippen molar-refractivity contribution in [2.24, 2.45) is 14.1 Å². The molecule has 1 aromatic carbocycles. The number of rotatable bonds is 4. The molecule has 4 aromatic rings. The molecular formula is C23H23ClN6O2. The van der Waals surface area contributed by atoms with Gasteiger partial charge in [0.2, 0.25) is 5.95 Å². The summed E-state index contributed by atoms with van der Waals surface area (Å²) in [6.45, 7) is 2.74. The molecule has 0 radical (unpaired) electrons. The van der Waals surface area contributed by atoms with Crippen molar-refractivity contribution in [2.45, 2.75) is 25.8 Å². The van der Waals surface area contributed by atoms with Crippen molar-refractivity contribution in [1.82, 2.24) is 24.5 Å². The first-order chi connectivity index (χ1) is 15.4. The maximum atomic E-state index is 12.3. The van der Waals surface area contributed by atoms with Crippen LogP contribution in [-0.2, 0) is 14.1 Å². The molecule has 1 saturated heterocycles. The molecule has 1 unspecified atom stereocenters. The van der Waals surface area contributed by atoms with Crippen LogP contribution in [0.1, 0.15) is 30.3 Å². The summed E-state index contributed by atoms with van der Waals surface area (Å²) in [5.74, 6) is 2.09. The van der Waals surface area contributed by atoms with Gasteiger partial charge in [-0.1, -0.05) is 28.9 Å². The smallest absolute Gasteiger partial charge is 0.251 e. The Morgan fingerprint density at radius 2 is 1.91 bits per heavy atom. The summed E-state index contributed by atoms with van der Waals surface area (Å²) >= 11 is 6.12. The molecular weight excluding hydrogens is 428 g/mol. The van der Waals surface area contributed by atoms with E-state index in [4.69, 9.17) is 16.1 Å². The average molecular weight is 451 g/mol. The van der Waals surface area contributed by atoms with Crippen molar-refractivity contribution in [1.29, 1.82) is 0 Å². The van der Waals surface area contributed by atoms with E-state index in [0.717, 1.165) is 47.8 Å². The number of hydrogen-bond donors (Lipinski definition) is 0. The maximum absolute atomic E-state index is 12.3. The van der Waals surface area contributed by atoms with E-state index in [1.54, 1.807) is 17.7 Å². The lowest BCUT2D eigenvalue weighted by atomic mass is 10.1. The van der Waals surface area contributed by atoms with E-state index >= 15 is 0 Å². The Balaban J connectivity index is 1.47. The SMILES string of the molecule is Cc1cc(-c2nnc(N3CCCC3c3cc(-c4cccc(Cl)c4)on3)n2C)cc(=O)n1C. The predicted octanol–water partition coefficient (Wildman–Crippen LogP) is 4.14. The summed E-state index contributed by atoms with van der Waals surface area (Å²) in [7, 11) is 3.68. The number of pyridine rings is 1. The van der Waals surface area contributed by atoms with Gasteiger partial charge in [-0.15, -0.1) is 10.2 Å². The van der Waals surface area contributed by atoms with Gasteiger partial charge in [0.25, 0.3) is 5.56 Å². The van der Waals surface area contributed by atoms with Gasteiger partial charge in [0.1, 0.15) is 5.69 Å². The van der Waals surface area contributed by atoms with Crippen molar-refractivity contribution < 1.29 is 4.52 Å². The van der Waals surface area contributed by atoms with E-state index < -0.39 is 0 Å². The van der Waals surface area contributed by atoms with Gasteiger partial charge in [-0.2, -0.15) is 0 Å². The standard InChI is InChI=1S/C23H23ClN6O2/c1-14-10-16(12-21(31)28(14)2)22-25-26-23(29(22)3)30-9-5-8-19(30)18-13-20(32-27-18)15-6-4-7-17(24)11-15/h4,6-7,10-13,19H,5,8-9H2,1-3H3. The Labute approximate surface area is 190 Å². The fourth-order valence-corrected chi connectivity index (χ4v) is 4.45. The van der Waals surface area contributed by atoms with Crippen molar-refractivity contribution in [3.8, 4) is 22.7 Å². The Kier molecular flexibility index (Phi) is 5.09. The van der Waals surface area contributed by atoms with Gasteiger partial charge in [0.15, 0.2) is 11.6 Å². The first kappa shape index (κ1) is 20.5. The topological polar surface area (TPSA) is 82.0 Å². The number of halogens is 1. The molecule has 9 heteroatoms. The minimum atomic E-state index is -0.0697. The second kappa shape index (κ2) is 7.94. The van der Waals surface area contributed by atoms with Gasteiger partial charge in [-0.3, -0.25) is 9.36 Å². The first-order valence-electron chi connectivity index (χ1n) is 10.5. The van der Waals surface area contributed by atoms with Crippen LogP contribution in [0.2, 0.25) is 5.02 Å². The summed E-state index contributed by atoms with van der Waals surface area (Å²) in [5.41, 5.74) is 3.30. The highest BCUT2D eigenvalue weighted by molar-refractivity contribution is 6.30. The predicted molar refractivity (Wildman–Crippen MR) is 123 cm³/mol. The molecule has 3 aromatic heterocycles. The molecule has 8 nitrogen and oxygen atoms in total. The van der Waals surface area contributed by atoms with Crippen LogP contribution in [-0.4, -0.2) is 31.0 Å². The van der Waals surface area contributed by atoms with E-state index in [1.165, 1.54) is 0 Å². The summed E-state index contributed by atoms with van der Waals surface area (Å²) < 4.78 is 9.17. The quantitative estimate of drug-likeness (QED) is 0.464. The Morgan fingerprint density at radius 1 is 1.06 bits per heavy atom. The minimum Gasteiger partial charge on any atom is -0.356 e. The van der Waals surface area contributed by atoms with Gasteiger partial charge >= 0.3 is 0 Å². The van der Waals surface area contributed by atoms with Crippen LogP contribution in [0.15, 0.2) is 51.8 Å². The number of nitrogens with zero attached hydrogens (tertiary/aromatic N) is 6. The van der Waals surface area contributed by atoms with Crippen LogP contribution in [0.3, 0.4) is 0 Å². The zero-order valence-electron chi connectivity index (χ0n) is 18.1. The van der Waals surface area contributed by atoms with E-state index in [-0.39, 0.29) is 11.6 Å². The molecule has 0 amide bonds. The molecule has 32 heavy (non-hydrogen) atoms. The monoisotopic (exact) mass is 450 g/mol. The molecule has 1 atom stereocenters. The van der Waals surface area contributed by atoms with E-state index in [1.807, 2.05) is 54.9 Å². The third-order valence-electron chi connectivity index (χ3n) is 6.10. The second-order valence-corrected chi connectivity index (χ2v) is 8.58. The molecule has 5 rings (SSSR count). The van der Waals surface area contributed by atoms with Crippen LogP contribution in [0.25, 0.3) is 22.7 Å². The van der Waals surface area contributed by atoms with E-state index in [9.17, 15) is 4.79 Å². The largest absolute Gasteiger partial charge is 0.356 e. The zero-order valence-corrected chi connectivity index (χ0v) is 18.9. The minimum absolute atomic E-state index is 0.0350. The lowest BCUT2D eigenvalue weighted by Gasteiger charge is -2.23. The first-order valence-corrected chi connectivity index (χ1v) is 10.9. The zero-order chi connectivity index (χ0) is 22.4. The highest BCUT2D eigenvalue weighted by Crippen LogP contribution is 2.37. The number of hydrogen-bond acceptors (Lipinski definition) is 6. The van der Waals surface area contributed by atoms with Crippen LogP contribution in [0.5, 0.6) is 0 Å². The number of anilines is 1. The van der Waals surface area contributed by atoms with Crippen LogP contribution in [0, 0.1) is 6.92 Å². The third-order valence-corrected chi connectivity index (χ3v) is 6.34. The molecule has 1 fully saturated rings. The molecule has 0 bridgehead atoms. The molecule has 0 aliphatic carbocycles. The highest BCUT2D eigenvalue weighted by atomic mass is 35.5. The fourth-order valence-electron chi connectivity index (χ4n) is 4.26. The van der Waals surface area contributed by atoms with Gasteiger partial charge < -0.3 is 14.0 Å². The van der Waals surface area contributed by atoms with E-state index in [0.29, 0.717) is 16.6 Å². The van der Waals surface area contributed by atoms with Crippen molar-refractivity contribution in [3.05, 3.63) is 69.2 Å². The number of aromatic nitrogens is 5. The highest BCUT2D eigenvalue weighted by Gasteiger charge is 2.32. The Morgan fingerprint density at radius 3 is 2.69 bits per heavy atom. The van der Waals surface area contributed by atoms with Gasteiger partial charge in [-0.25, -0.2) is 0 Å². The van der Waals surface area contributed by atoms with Crippen molar-refractivity contribution in [3.63, 3.8) is 0 Å². The summed E-state index contributed by atoms with van der Waals surface area (Å²) in [6, 6.07) is 13.1. The Bertz CT molecular complexity index is 1350. The molecule has 0 spiro atoms. The normalized spacial score (nSPS) is 16.1. The van der Waals surface area contributed by atoms with Gasteiger partial charge in [-0.05, 0) is 38.0 Å². The van der Waals surface area contributed by atoms with Crippen LogP contribution >= 0.6 is 11.6 Å². The fraction of sp³-hybridized carbons (Fsp3) is 0.304. The van der Waals surface area contributed by atoms with Crippen LogP contribution in [0.4, 0.5) is 5.95 Å². The third kappa shape index (κ3) is 3.50. The Hall–Kier alpha value is -3.39.